The van der Waals surface area contributed by atoms with E-state index in [1.807, 2.05) is 0 Å². The molecule has 0 radical (unpaired) electrons. The molecule has 3 aliphatic heterocycles. The van der Waals surface area contributed by atoms with E-state index < -0.39 is 54.4 Å². The first-order valence-corrected chi connectivity index (χ1v) is 10.9. The van der Waals surface area contributed by atoms with Crippen LogP contribution < -0.4 is 10.1 Å². The molecule has 1 N–H and O–H groups in total. The Kier molecular flexibility index (Phi) is 6.30. The largest absolute Gasteiger partial charge is 0.497 e. The molecule has 0 saturated carbocycles. The van der Waals surface area contributed by atoms with Crippen molar-refractivity contribution in [3.63, 3.8) is 0 Å². The van der Waals surface area contributed by atoms with Gasteiger partial charge in [-0.1, -0.05) is 5.11 Å². The molecule has 11 heteroatoms. The van der Waals surface area contributed by atoms with Gasteiger partial charge in [-0.3, -0.25) is 4.79 Å². The van der Waals surface area contributed by atoms with Crippen molar-refractivity contribution in [1.82, 2.24) is 0 Å². The number of rotatable bonds is 7. The van der Waals surface area contributed by atoms with Gasteiger partial charge in [0, 0.05) is 10.6 Å². The molecule has 0 amide bonds. The van der Waals surface area contributed by atoms with Crippen molar-refractivity contribution < 1.29 is 33.2 Å². The summed E-state index contributed by atoms with van der Waals surface area (Å²) in [5, 5.41) is 7.10. The minimum atomic E-state index is -1.07. The van der Waals surface area contributed by atoms with E-state index in [2.05, 4.69) is 15.3 Å². The lowest BCUT2D eigenvalue weighted by Gasteiger charge is -2.42. The third-order valence-corrected chi connectivity index (χ3v) is 5.90. The molecule has 3 heterocycles. The summed E-state index contributed by atoms with van der Waals surface area (Å²) in [6, 6.07) is 5.33. The number of nitrogens with zero attached hydrogens (tertiary/aromatic N) is 3. The molecule has 7 atom stereocenters. The highest BCUT2D eigenvalue weighted by Gasteiger charge is 2.62. The number of methoxy groups -OCH3 is 1. The fourth-order valence-corrected chi connectivity index (χ4v) is 4.61. The molecule has 180 valence electrons. The Bertz CT molecular complexity index is 929. The third kappa shape index (κ3) is 4.79. The number of Topliss-reactive ketones (excluding diaryl/α,β-unsaturated/α-hetero) is 1. The standard InChI is InChI=1S/C22H30N4O7/c1-11(27)14(25-26-23)15(24-12-7-9-13(28-6)10-8-12)16-17-18(31-21(2,3)30-17)19-20(29-16)33-22(4,5)32-19/h7-10,14-20,24H,1-6H3/t14-,15+,16?,17-,18-,19+,20+/m1/s1. The number of anilines is 1. The van der Waals surface area contributed by atoms with Crippen LogP contribution in [-0.2, 0) is 28.5 Å². The van der Waals surface area contributed by atoms with Crippen LogP contribution in [0.2, 0.25) is 0 Å². The number of carbonyl (C=O) groups is 1. The molecule has 3 aliphatic rings. The van der Waals surface area contributed by atoms with Gasteiger partial charge in [-0.25, -0.2) is 0 Å². The summed E-state index contributed by atoms with van der Waals surface area (Å²) in [5.74, 6) is -1.42. The topological polar surface area (TPSA) is 133 Å². The predicted molar refractivity (Wildman–Crippen MR) is 117 cm³/mol. The number of nitrogens with one attached hydrogen (secondary N) is 1. The Balaban J connectivity index is 1.72. The van der Waals surface area contributed by atoms with Crippen molar-refractivity contribution in [3.8, 4) is 5.75 Å². The summed E-state index contributed by atoms with van der Waals surface area (Å²) in [6.07, 6.45) is -3.13. The van der Waals surface area contributed by atoms with Crippen LogP contribution >= 0.6 is 0 Å². The molecule has 4 rings (SSSR count). The second kappa shape index (κ2) is 8.75. The SMILES string of the molecule is COc1ccc(N[C@H](C2O[C@H]3OC(C)(C)O[C@H]3[C@@H]3OC(C)(C)O[C@H]23)[C@H](N=[N+]=[N-])C(C)=O)cc1. The molecule has 3 saturated heterocycles. The molecule has 3 fully saturated rings. The fraction of sp³-hybridized carbons (Fsp3) is 0.682. The van der Waals surface area contributed by atoms with E-state index in [9.17, 15) is 10.3 Å². The number of carbonyl (C=O) groups excluding carboxylic acids is 1. The average molecular weight is 463 g/mol. The molecular formula is C22H30N4O7. The first-order chi connectivity index (χ1) is 15.5. The van der Waals surface area contributed by atoms with E-state index in [1.165, 1.54) is 6.92 Å². The Morgan fingerprint density at radius 3 is 2.27 bits per heavy atom. The second-order valence-corrected chi connectivity index (χ2v) is 9.29. The van der Waals surface area contributed by atoms with Gasteiger partial charge >= 0.3 is 0 Å². The molecule has 1 aromatic carbocycles. The number of ether oxygens (including phenoxy) is 6. The average Bonchev–Trinajstić information content (AvgIpc) is 3.24. The second-order valence-electron chi connectivity index (χ2n) is 9.29. The van der Waals surface area contributed by atoms with Crippen LogP contribution in [0.3, 0.4) is 0 Å². The van der Waals surface area contributed by atoms with Crippen LogP contribution in [0.15, 0.2) is 29.4 Å². The fourth-order valence-electron chi connectivity index (χ4n) is 4.61. The van der Waals surface area contributed by atoms with Crippen molar-refractivity contribution in [3.05, 3.63) is 34.7 Å². The highest BCUT2D eigenvalue weighted by Crippen LogP contribution is 2.45. The zero-order chi connectivity index (χ0) is 24.0. The lowest BCUT2D eigenvalue weighted by atomic mass is 9.89. The number of hydrogen-bond donors (Lipinski definition) is 1. The Morgan fingerprint density at radius 2 is 1.67 bits per heavy atom. The molecule has 1 unspecified atom stereocenters. The maximum absolute atomic E-state index is 12.6. The van der Waals surface area contributed by atoms with Crippen molar-refractivity contribution in [2.24, 2.45) is 5.11 Å². The van der Waals surface area contributed by atoms with Gasteiger partial charge in [-0.15, -0.1) is 0 Å². The minimum Gasteiger partial charge on any atom is -0.497 e. The van der Waals surface area contributed by atoms with Crippen LogP contribution in [0.4, 0.5) is 5.69 Å². The number of azide groups is 1. The van der Waals surface area contributed by atoms with Gasteiger partial charge in [0.05, 0.1) is 13.2 Å². The highest BCUT2D eigenvalue weighted by atomic mass is 16.9. The van der Waals surface area contributed by atoms with Gasteiger partial charge < -0.3 is 33.7 Å². The first-order valence-electron chi connectivity index (χ1n) is 10.9. The predicted octanol–water partition coefficient (Wildman–Crippen LogP) is 3.14. The molecular weight excluding hydrogens is 432 g/mol. The maximum atomic E-state index is 12.6. The molecule has 1 aromatic rings. The lowest BCUT2D eigenvalue weighted by molar-refractivity contribution is -0.237. The summed E-state index contributed by atoms with van der Waals surface area (Å²) in [6.45, 7) is 8.58. The zero-order valence-electron chi connectivity index (χ0n) is 19.6. The van der Waals surface area contributed by atoms with Crippen LogP contribution in [0.1, 0.15) is 34.6 Å². The monoisotopic (exact) mass is 462 g/mol. The van der Waals surface area contributed by atoms with Gasteiger partial charge in [0.25, 0.3) is 0 Å². The quantitative estimate of drug-likeness (QED) is 0.371. The normalized spacial score (nSPS) is 33.2. The van der Waals surface area contributed by atoms with Gasteiger partial charge in [-0.05, 0) is 64.4 Å². The molecule has 0 aliphatic carbocycles. The molecule has 11 nitrogen and oxygen atoms in total. The van der Waals surface area contributed by atoms with E-state index in [4.69, 9.17) is 28.4 Å². The molecule has 0 spiro atoms. The van der Waals surface area contributed by atoms with Crippen molar-refractivity contribution >= 4 is 11.5 Å². The Hall–Kier alpha value is -2.40. The molecule has 0 bridgehead atoms. The highest BCUT2D eigenvalue weighted by molar-refractivity contribution is 5.83. The summed E-state index contributed by atoms with van der Waals surface area (Å²) in [7, 11) is 1.58. The first kappa shape index (κ1) is 23.7. The number of hydrogen-bond acceptors (Lipinski definition) is 9. The van der Waals surface area contributed by atoms with Gasteiger partial charge in [0.1, 0.15) is 42.0 Å². The Labute approximate surface area is 192 Å². The number of benzene rings is 1. The maximum Gasteiger partial charge on any atom is 0.190 e. The van der Waals surface area contributed by atoms with Crippen LogP contribution in [-0.4, -0.2) is 67.3 Å². The van der Waals surface area contributed by atoms with E-state index in [1.54, 1.807) is 59.1 Å². The van der Waals surface area contributed by atoms with Crippen molar-refractivity contribution in [2.75, 3.05) is 12.4 Å². The van der Waals surface area contributed by atoms with Crippen LogP contribution in [0, 0.1) is 0 Å². The summed E-state index contributed by atoms with van der Waals surface area (Å²) in [5.41, 5.74) is 9.86. The zero-order valence-corrected chi connectivity index (χ0v) is 19.6. The summed E-state index contributed by atoms with van der Waals surface area (Å²) < 4.78 is 36.0. The van der Waals surface area contributed by atoms with Gasteiger partial charge in [0.2, 0.25) is 0 Å². The van der Waals surface area contributed by atoms with Crippen LogP contribution in [0.25, 0.3) is 10.4 Å². The number of ketones is 1. The van der Waals surface area contributed by atoms with Gasteiger partial charge in [-0.2, -0.15) is 0 Å². The van der Waals surface area contributed by atoms with Gasteiger partial charge in [0.15, 0.2) is 17.9 Å². The van der Waals surface area contributed by atoms with E-state index in [0.29, 0.717) is 11.4 Å². The van der Waals surface area contributed by atoms with Crippen LogP contribution in [0.5, 0.6) is 5.75 Å². The van der Waals surface area contributed by atoms with Crippen molar-refractivity contribution in [2.45, 2.75) is 89.0 Å². The van der Waals surface area contributed by atoms with Crippen molar-refractivity contribution in [1.29, 1.82) is 0 Å². The van der Waals surface area contributed by atoms with E-state index >= 15 is 0 Å². The summed E-state index contributed by atoms with van der Waals surface area (Å²) >= 11 is 0. The smallest absolute Gasteiger partial charge is 0.190 e. The molecule has 0 aromatic heterocycles. The summed E-state index contributed by atoms with van der Waals surface area (Å²) in [4.78, 5) is 15.5. The third-order valence-electron chi connectivity index (χ3n) is 5.90. The number of fused-ring (bicyclic) bond motifs is 3. The Morgan fingerprint density at radius 1 is 1.06 bits per heavy atom. The lowest BCUT2D eigenvalue weighted by Crippen LogP contribution is -2.62. The van der Waals surface area contributed by atoms with E-state index in [-0.39, 0.29) is 5.78 Å². The minimum absolute atomic E-state index is 0.316. The van der Waals surface area contributed by atoms with E-state index in [0.717, 1.165) is 0 Å². The molecule has 33 heavy (non-hydrogen) atoms.